The van der Waals surface area contributed by atoms with Gasteiger partial charge < -0.3 is 14.4 Å². The van der Waals surface area contributed by atoms with Gasteiger partial charge in [-0.05, 0) is 37.1 Å². The van der Waals surface area contributed by atoms with E-state index in [1.807, 2.05) is 34.0 Å². The van der Waals surface area contributed by atoms with Gasteiger partial charge in [0.05, 0.1) is 19.3 Å². The molecule has 4 rings (SSSR count). The first-order chi connectivity index (χ1) is 11.8. The van der Waals surface area contributed by atoms with E-state index < -0.39 is 0 Å². The molecule has 24 heavy (non-hydrogen) atoms. The van der Waals surface area contributed by atoms with Crippen LogP contribution in [0.15, 0.2) is 36.7 Å². The number of amides is 1. The first kappa shape index (κ1) is 15.1. The largest absolute Gasteiger partial charge is 0.490 e. The van der Waals surface area contributed by atoms with Gasteiger partial charge in [0.15, 0.2) is 11.5 Å². The summed E-state index contributed by atoms with van der Waals surface area (Å²) in [6.07, 6.45) is 6.64. The second-order valence-electron chi connectivity index (χ2n) is 6.25. The molecule has 2 aliphatic rings. The van der Waals surface area contributed by atoms with Gasteiger partial charge >= 0.3 is 0 Å². The van der Waals surface area contributed by atoms with Crippen molar-refractivity contribution in [1.82, 2.24) is 14.7 Å². The number of hydrogen-bond acceptors (Lipinski definition) is 4. The molecule has 0 aliphatic carbocycles. The number of ether oxygens (including phenoxy) is 2. The molecule has 6 heteroatoms. The summed E-state index contributed by atoms with van der Waals surface area (Å²) >= 11 is 0. The highest BCUT2D eigenvalue weighted by Crippen LogP contribution is 2.31. The third kappa shape index (κ3) is 2.96. The minimum Gasteiger partial charge on any atom is -0.490 e. The highest BCUT2D eigenvalue weighted by atomic mass is 16.5. The van der Waals surface area contributed by atoms with Crippen molar-refractivity contribution in [3.05, 3.63) is 42.2 Å². The molecule has 1 fully saturated rings. The summed E-state index contributed by atoms with van der Waals surface area (Å²) < 4.78 is 13.3. The molecular formula is C18H21N3O3. The molecule has 1 amide bonds. The molecule has 0 spiro atoms. The summed E-state index contributed by atoms with van der Waals surface area (Å²) in [6.45, 7) is 2.74. The number of hydrogen-bond donors (Lipinski definition) is 0. The number of aromatic nitrogens is 2. The molecule has 126 valence electrons. The lowest BCUT2D eigenvalue weighted by Crippen LogP contribution is -2.40. The zero-order valence-corrected chi connectivity index (χ0v) is 13.6. The third-order valence-corrected chi connectivity index (χ3v) is 4.58. The van der Waals surface area contributed by atoms with E-state index in [-0.39, 0.29) is 11.9 Å². The smallest absolute Gasteiger partial charge is 0.254 e. The summed E-state index contributed by atoms with van der Waals surface area (Å²) in [6, 6.07) is 7.64. The van der Waals surface area contributed by atoms with E-state index in [2.05, 4.69) is 5.10 Å². The van der Waals surface area contributed by atoms with Crippen LogP contribution in [-0.2, 0) is 0 Å². The molecule has 1 unspecified atom stereocenters. The van der Waals surface area contributed by atoms with Crippen LogP contribution in [0.1, 0.15) is 35.7 Å². The normalized spacial score (nSPS) is 20.5. The molecule has 1 aromatic carbocycles. The Kier molecular flexibility index (Phi) is 4.11. The van der Waals surface area contributed by atoms with Crippen molar-refractivity contribution in [2.45, 2.75) is 25.3 Å². The van der Waals surface area contributed by atoms with Gasteiger partial charge in [0, 0.05) is 37.5 Å². The van der Waals surface area contributed by atoms with Crippen molar-refractivity contribution in [3.8, 4) is 11.5 Å². The Balaban J connectivity index is 1.52. The number of fused-ring (bicyclic) bond motifs is 1. The van der Waals surface area contributed by atoms with E-state index >= 15 is 0 Å². The minimum absolute atomic E-state index is 0.0440. The van der Waals surface area contributed by atoms with Crippen LogP contribution in [0.3, 0.4) is 0 Å². The molecule has 2 aliphatic heterocycles. The van der Waals surface area contributed by atoms with Crippen molar-refractivity contribution < 1.29 is 14.3 Å². The second kappa shape index (κ2) is 6.55. The number of likely N-dealkylation sites (tertiary alicyclic amines) is 1. The molecule has 2 aromatic rings. The van der Waals surface area contributed by atoms with Gasteiger partial charge in [-0.15, -0.1) is 0 Å². The standard InChI is InChI=1S/C18H21N3O3/c22-18(14-5-6-16-17(12-14)24-11-3-10-23-16)20-8-1-4-15(13-20)21-9-2-7-19-21/h2,5-7,9,12,15H,1,3-4,8,10-11,13H2. The molecule has 0 bridgehead atoms. The molecule has 1 aromatic heterocycles. The number of rotatable bonds is 2. The van der Waals surface area contributed by atoms with E-state index in [9.17, 15) is 4.79 Å². The van der Waals surface area contributed by atoms with Gasteiger partial charge in [0.1, 0.15) is 0 Å². The molecule has 3 heterocycles. The first-order valence-electron chi connectivity index (χ1n) is 8.49. The van der Waals surface area contributed by atoms with Crippen LogP contribution in [0.25, 0.3) is 0 Å². The summed E-state index contributed by atoms with van der Waals surface area (Å²) in [5.41, 5.74) is 0.653. The lowest BCUT2D eigenvalue weighted by molar-refractivity contribution is 0.0672. The van der Waals surface area contributed by atoms with Gasteiger partial charge in [-0.1, -0.05) is 0 Å². The summed E-state index contributed by atoms with van der Waals surface area (Å²) in [5, 5.41) is 4.32. The summed E-state index contributed by atoms with van der Waals surface area (Å²) in [4.78, 5) is 14.8. The third-order valence-electron chi connectivity index (χ3n) is 4.58. The Labute approximate surface area is 141 Å². The average molecular weight is 327 g/mol. The lowest BCUT2D eigenvalue weighted by atomic mass is 10.0. The van der Waals surface area contributed by atoms with E-state index in [1.54, 1.807) is 12.3 Å². The van der Waals surface area contributed by atoms with Crippen molar-refractivity contribution in [1.29, 1.82) is 0 Å². The molecule has 0 radical (unpaired) electrons. The predicted molar refractivity (Wildman–Crippen MR) is 88.5 cm³/mol. The number of carbonyl (C=O) groups excluding carboxylic acids is 1. The number of nitrogens with zero attached hydrogens (tertiary/aromatic N) is 3. The average Bonchev–Trinajstić information content (AvgIpc) is 3.06. The Morgan fingerprint density at radius 1 is 1.17 bits per heavy atom. The molecule has 0 N–H and O–H groups in total. The van der Waals surface area contributed by atoms with Crippen LogP contribution in [0, 0.1) is 0 Å². The van der Waals surface area contributed by atoms with E-state index in [1.165, 1.54) is 0 Å². The molecule has 1 atom stereocenters. The Morgan fingerprint density at radius 2 is 2.04 bits per heavy atom. The fourth-order valence-electron chi connectivity index (χ4n) is 3.33. The van der Waals surface area contributed by atoms with Crippen molar-refractivity contribution in [3.63, 3.8) is 0 Å². The van der Waals surface area contributed by atoms with Crippen LogP contribution < -0.4 is 9.47 Å². The molecule has 6 nitrogen and oxygen atoms in total. The van der Waals surface area contributed by atoms with Crippen LogP contribution in [0.4, 0.5) is 0 Å². The van der Waals surface area contributed by atoms with Gasteiger partial charge in [-0.2, -0.15) is 5.10 Å². The topological polar surface area (TPSA) is 56.6 Å². The minimum atomic E-state index is 0.0440. The van der Waals surface area contributed by atoms with Crippen molar-refractivity contribution >= 4 is 5.91 Å². The zero-order valence-electron chi connectivity index (χ0n) is 13.6. The highest BCUT2D eigenvalue weighted by Gasteiger charge is 2.26. The summed E-state index contributed by atoms with van der Waals surface area (Å²) in [7, 11) is 0. The highest BCUT2D eigenvalue weighted by molar-refractivity contribution is 5.95. The number of carbonyl (C=O) groups is 1. The molecule has 0 saturated carbocycles. The van der Waals surface area contributed by atoms with E-state index in [4.69, 9.17) is 9.47 Å². The quantitative estimate of drug-likeness (QED) is 0.850. The maximum absolute atomic E-state index is 12.9. The van der Waals surface area contributed by atoms with Crippen LogP contribution in [-0.4, -0.2) is 46.9 Å². The Bertz CT molecular complexity index is 714. The Morgan fingerprint density at radius 3 is 2.88 bits per heavy atom. The van der Waals surface area contributed by atoms with Crippen LogP contribution in [0.5, 0.6) is 11.5 Å². The van der Waals surface area contributed by atoms with Crippen molar-refractivity contribution in [2.24, 2.45) is 0 Å². The number of benzene rings is 1. The van der Waals surface area contributed by atoms with Gasteiger partial charge in [-0.3, -0.25) is 9.48 Å². The molecule has 1 saturated heterocycles. The lowest BCUT2D eigenvalue weighted by Gasteiger charge is -2.33. The molecular weight excluding hydrogens is 306 g/mol. The van der Waals surface area contributed by atoms with Crippen LogP contribution in [0.2, 0.25) is 0 Å². The monoisotopic (exact) mass is 327 g/mol. The van der Waals surface area contributed by atoms with Gasteiger partial charge in [-0.25, -0.2) is 0 Å². The maximum atomic E-state index is 12.9. The SMILES string of the molecule is O=C(c1ccc2c(c1)OCCCO2)N1CCCC(n2cccn2)C1. The van der Waals surface area contributed by atoms with Gasteiger partial charge in [0.2, 0.25) is 0 Å². The van der Waals surface area contributed by atoms with Gasteiger partial charge in [0.25, 0.3) is 5.91 Å². The first-order valence-corrected chi connectivity index (χ1v) is 8.49. The van der Waals surface area contributed by atoms with Crippen LogP contribution >= 0.6 is 0 Å². The number of piperidine rings is 1. The Hall–Kier alpha value is -2.50. The zero-order chi connectivity index (χ0) is 16.4. The predicted octanol–water partition coefficient (Wildman–Crippen LogP) is 2.52. The maximum Gasteiger partial charge on any atom is 0.254 e. The fourth-order valence-corrected chi connectivity index (χ4v) is 3.33. The fraction of sp³-hybridized carbons (Fsp3) is 0.444. The summed E-state index contributed by atoms with van der Waals surface area (Å²) in [5.74, 6) is 1.43. The second-order valence-corrected chi connectivity index (χ2v) is 6.25. The van der Waals surface area contributed by atoms with E-state index in [0.717, 1.165) is 31.6 Å². The van der Waals surface area contributed by atoms with E-state index in [0.29, 0.717) is 31.1 Å². The van der Waals surface area contributed by atoms with Crippen molar-refractivity contribution in [2.75, 3.05) is 26.3 Å².